The van der Waals surface area contributed by atoms with Crippen molar-refractivity contribution in [2.24, 2.45) is 0 Å². The third kappa shape index (κ3) is 4.72. The molecule has 0 aliphatic carbocycles. The van der Waals surface area contributed by atoms with Crippen LogP contribution in [0, 0.1) is 5.82 Å². The molecular weight excluding hydrogens is 393 g/mol. The number of carbonyl (C=O) groups excluding carboxylic acids is 3. The van der Waals surface area contributed by atoms with E-state index in [1.165, 1.54) is 48.7 Å². The van der Waals surface area contributed by atoms with Crippen molar-refractivity contribution in [3.05, 3.63) is 69.6 Å². The zero-order valence-corrected chi connectivity index (χ0v) is 15.4. The van der Waals surface area contributed by atoms with Gasteiger partial charge in [0, 0.05) is 19.3 Å². The number of hydrogen-bond acceptors (Lipinski definition) is 5. The van der Waals surface area contributed by atoms with Gasteiger partial charge < -0.3 is 5.32 Å². The molecule has 27 heavy (non-hydrogen) atoms. The molecule has 2 heterocycles. The zero-order chi connectivity index (χ0) is 19.4. The summed E-state index contributed by atoms with van der Waals surface area (Å²) in [5.41, 5.74) is 0.940. The Hall–Kier alpha value is -2.71. The molecule has 2 aromatic rings. The molecule has 9 heteroatoms. The molecule has 0 unspecified atom stereocenters. The van der Waals surface area contributed by atoms with Crippen LogP contribution < -0.4 is 5.32 Å². The van der Waals surface area contributed by atoms with E-state index in [1.807, 2.05) is 0 Å². The Labute approximate surface area is 163 Å². The number of aromatic nitrogens is 1. The maximum atomic E-state index is 12.9. The van der Waals surface area contributed by atoms with Crippen LogP contribution in [-0.4, -0.2) is 40.0 Å². The molecule has 0 atom stereocenters. The van der Waals surface area contributed by atoms with Crippen LogP contribution in [0.15, 0.2) is 47.5 Å². The normalized spacial score (nSPS) is 15.5. The molecule has 6 nitrogen and oxygen atoms in total. The third-order valence-electron chi connectivity index (χ3n) is 3.65. The van der Waals surface area contributed by atoms with E-state index in [0.717, 1.165) is 16.7 Å². The molecule has 0 radical (unpaired) electrons. The highest BCUT2D eigenvalue weighted by Gasteiger charge is 2.34. The monoisotopic (exact) mass is 405 g/mol. The van der Waals surface area contributed by atoms with E-state index in [1.54, 1.807) is 0 Å². The number of pyridine rings is 1. The highest BCUT2D eigenvalue weighted by atomic mass is 35.5. The zero-order valence-electron chi connectivity index (χ0n) is 13.8. The number of imide groups is 1. The predicted molar refractivity (Wildman–Crippen MR) is 101 cm³/mol. The topological polar surface area (TPSA) is 79.4 Å². The summed E-state index contributed by atoms with van der Waals surface area (Å²) in [5, 5.41) is 2.47. The summed E-state index contributed by atoms with van der Waals surface area (Å²) in [6, 6.07) is 8.60. The quantitative estimate of drug-likeness (QED) is 0.609. The van der Waals surface area contributed by atoms with Crippen molar-refractivity contribution in [3.63, 3.8) is 0 Å². The van der Waals surface area contributed by atoms with Crippen LogP contribution in [0.4, 0.5) is 9.18 Å². The van der Waals surface area contributed by atoms with Gasteiger partial charge in [0.1, 0.15) is 11.0 Å². The van der Waals surface area contributed by atoms with Crippen molar-refractivity contribution < 1.29 is 18.8 Å². The van der Waals surface area contributed by atoms with Crippen molar-refractivity contribution in [2.75, 3.05) is 13.1 Å². The molecule has 0 saturated carbocycles. The third-order valence-corrected chi connectivity index (χ3v) is 4.78. The van der Waals surface area contributed by atoms with Gasteiger partial charge in [0.05, 0.1) is 10.5 Å². The summed E-state index contributed by atoms with van der Waals surface area (Å²) < 4.78 is 12.9. The molecule has 1 aromatic carbocycles. The number of halogens is 2. The number of hydrogen-bond donors (Lipinski definition) is 1. The molecule has 1 aliphatic heterocycles. The Kier molecular flexibility index (Phi) is 5.88. The largest absolute Gasteiger partial charge is 0.350 e. The number of thioether (sulfide) groups is 1. The van der Waals surface area contributed by atoms with Crippen molar-refractivity contribution in [1.29, 1.82) is 0 Å². The van der Waals surface area contributed by atoms with Gasteiger partial charge in [-0.05, 0) is 47.7 Å². The summed E-state index contributed by atoms with van der Waals surface area (Å²) in [5.74, 6) is -1.21. The fourth-order valence-electron chi connectivity index (χ4n) is 2.30. The van der Waals surface area contributed by atoms with Gasteiger partial charge in [-0.1, -0.05) is 23.7 Å². The summed E-state index contributed by atoms with van der Waals surface area (Å²) in [6.07, 6.45) is 2.87. The lowest BCUT2D eigenvalue weighted by Gasteiger charge is -2.12. The molecule has 138 valence electrons. The van der Waals surface area contributed by atoms with Gasteiger partial charge >= 0.3 is 0 Å². The van der Waals surface area contributed by atoms with Crippen LogP contribution in [-0.2, 0) is 4.79 Å². The predicted octanol–water partition coefficient (Wildman–Crippen LogP) is 3.34. The Balaban J connectivity index is 1.58. The van der Waals surface area contributed by atoms with Crippen molar-refractivity contribution in [2.45, 2.75) is 0 Å². The first-order chi connectivity index (χ1) is 12.9. The molecular formula is C18H13ClFN3O3S. The van der Waals surface area contributed by atoms with Crippen LogP contribution >= 0.6 is 23.4 Å². The fourth-order valence-corrected chi connectivity index (χ4v) is 3.27. The average molecular weight is 406 g/mol. The molecule has 0 spiro atoms. The summed E-state index contributed by atoms with van der Waals surface area (Å²) in [7, 11) is 0. The number of nitrogens with one attached hydrogen (secondary N) is 1. The highest BCUT2D eigenvalue weighted by molar-refractivity contribution is 8.18. The van der Waals surface area contributed by atoms with E-state index in [-0.39, 0.29) is 34.9 Å². The van der Waals surface area contributed by atoms with Crippen LogP contribution in [0.5, 0.6) is 0 Å². The second-order valence-electron chi connectivity index (χ2n) is 5.51. The second kappa shape index (κ2) is 8.32. The van der Waals surface area contributed by atoms with Crippen molar-refractivity contribution in [3.8, 4) is 0 Å². The second-order valence-corrected chi connectivity index (χ2v) is 6.89. The summed E-state index contributed by atoms with van der Waals surface area (Å²) >= 11 is 6.47. The minimum Gasteiger partial charge on any atom is -0.350 e. The van der Waals surface area contributed by atoms with Gasteiger partial charge in [-0.3, -0.25) is 19.3 Å². The number of rotatable bonds is 5. The minimum absolute atomic E-state index is 0.0399. The van der Waals surface area contributed by atoms with Crippen LogP contribution in [0.2, 0.25) is 5.15 Å². The highest BCUT2D eigenvalue weighted by Crippen LogP contribution is 2.31. The number of benzene rings is 1. The van der Waals surface area contributed by atoms with E-state index < -0.39 is 11.1 Å². The SMILES string of the molecule is O=C(NCCN1C(=O)S/C(=C\c2ccc(F)cc2)C1=O)c1ccc(Cl)nc1. The Morgan fingerprint density at radius 3 is 2.63 bits per heavy atom. The number of carbonyl (C=O) groups is 3. The molecule has 1 aromatic heterocycles. The lowest BCUT2D eigenvalue weighted by Crippen LogP contribution is -2.37. The molecule has 0 bridgehead atoms. The van der Waals surface area contributed by atoms with Crippen LogP contribution in [0.25, 0.3) is 6.08 Å². The minimum atomic E-state index is -0.447. The number of nitrogens with zero attached hydrogens (tertiary/aromatic N) is 2. The fraction of sp³-hybridized carbons (Fsp3) is 0.111. The molecule has 3 amide bonds. The van der Waals surface area contributed by atoms with Gasteiger partial charge in [-0.15, -0.1) is 0 Å². The van der Waals surface area contributed by atoms with Crippen molar-refractivity contribution in [1.82, 2.24) is 15.2 Å². The van der Waals surface area contributed by atoms with Gasteiger partial charge in [-0.25, -0.2) is 9.37 Å². The van der Waals surface area contributed by atoms with E-state index in [0.29, 0.717) is 11.1 Å². The average Bonchev–Trinajstić information content (AvgIpc) is 2.91. The first-order valence-corrected chi connectivity index (χ1v) is 9.04. The maximum Gasteiger partial charge on any atom is 0.293 e. The standard InChI is InChI=1S/C18H13ClFN3O3S/c19-15-6-3-12(10-22-15)16(24)21-7-8-23-17(25)14(27-18(23)26)9-11-1-4-13(20)5-2-11/h1-6,9-10H,7-8H2,(H,21,24)/b14-9-. The summed E-state index contributed by atoms with van der Waals surface area (Å²) in [6.45, 7) is 0.140. The molecule has 1 fully saturated rings. The van der Waals surface area contributed by atoms with Gasteiger partial charge in [0.2, 0.25) is 0 Å². The molecule has 3 rings (SSSR count). The summed E-state index contributed by atoms with van der Waals surface area (Å²) in [4.78, 5) is 41.5. The smallest absolute Gasteiger partial charge is 0.293 e. The first kappa shape index (κ1) is 19.1. The van der Waals surface area contributed by atoms with E-state index in [4.69, 9.17) is 11.6 Å². The molecule has 1 aliphatic rings. The number of amides is 3. The Morgan fingerprint density at radius 1 is 1.22 bits per heavy atom. The van der Waals surface area contributed by atoms with Crippen LogP contribution in [0.3, 0.4) is 0 Å². The lowest BCUT2D eigenvalue weighted by molar-refractivity contribution is -0.122. The Bertz CT molecular complexity index is 916. The van der Waals surface area contributed by atoms with Gasteiger partial charge in [0.25, 0.3) is 17.1 Å². The molecule has 1 N–H and O–H groups in total. The van der Waals surface area contributed by atoms with E-state index in [2.05, 4.69) is 10.3 Å². The Morgan fingerprint density at radius 2 is 1.96 bits per heavy atom. The van der Waals surface area contributed by atoms with Crippen molar-refractivity contribution >= 4 is 46.5 Å². The van der Waals surface area contributed by atoms with Gasteiger partial charge in [0.15, 0.2) is 0 Å². The van der Waals surface area contributed by atoms with E-state index >= 15 is 0 Å². The maximum absolute atomic E-state index is 12.9. The lowest BCUT2D eigenvalue weighted by atomic mass is 10.2. The van der Waals surface area contributed by atoms with E-state index in [9.17, 15) is 18.8 Å². The van der Waals surface area contributed by atoms with Gasteiger partial charge in [-0.2, -0.15) is 0 Å². The van der Waals surface area contributed by atoms with Crippen LogP contribution in [0.1, 0.15) is 15.9 Å². The molecule has 1 saturated heterocycles. The first-order valence-electron chi connectivity index (χ1n) is 7.85.